The molecule has 3 N–H and O–H groups in total. The van der Waals surface area contributed by atoms with Gasteiger partial charge >= 0.3 is 0 Å². The van der Waals surface area contributed by atoms with Crippen LogP contribution in [-0.4, -0.2) is 25.5 Å². The monoisotopic (exact) mass is 322 g/mol. The van der Waals surface area contributed by atoms with E-state index < -0.39 is 5.91 Å². The lowest BCUT2D eigenvalue weighted by atomic mass is 10.1. The van der Waals surface area contributed by atoms with Gasteiger partial charge in [-0.15, -0.1) is 0 Å². The van der Waals surface area contributed by atoms with E-state index in [1.54, 1.807) is 31.4 Å². The number of primary amides is 1. The lowest BCUT2D eigenvalue weighted by Gasteiger charge is -2.04. The van der Waals surface area contributed by atoms with Crippen molar-refractivity contribution < 1.29 is 14.3 Å². The summed E-state index contributed by atoms with van der Waals surface area (Å²) in [5.74, 6) is 5.92. The number of benzene rings is 2. The molecule has 2 rings (SSSR count). The second-order valence-electron chi connectivity index (χ2n) is 5.05. The number of rotatable bonds is 5. The molecule has 24 heavy (non-hydrogen) atoms. The summed E-state index contributed by atoms with van der Waals surface area (Å²) >= 11 is 0. The number of hydrogen-bond donors (Lipinski definition) is 2. The normalized spacial score (nSPS) is 9.54. The van der Waals surface area contributed by atoms with E-state index in [0.29, 0.717) is 5.56 Å². The predicted octanol–water partition coefficient (Wildman–Crippen LogP) is 1.50. The number of hydrogen-bond acceptors (Lipinski definition) is 3. The van der Waals surface area contributed by atoms with Crippen molar-refractivity contribution in [1.29, 1.82) is 0 Å². The molecule has 122 valence electrons. The first-order valence-electron chi connectivity index (χ1n) is 7.37. The Hall–Kier alpha value is -3.26. The molecule has 0 saturated heterocycles. The molecule has 2 aromatic rings. The number of nitrogens with two attached hydrogens (primary N) is 1. The molecule has 0 heterocycles. The lowest BCUT2D eigenvalue weighted by Crippen LogP contribution is -2.25. The number of carbonyl (C=O) groups excluding carboxylic acids is 2. The van der Waals surface area contributed by atoms with E-state index in [-0.39, 0.29) is 18.9 Å². The average Bonchev–Trinajstić information content (AvgIpc) is 2.59. The molecule has 0 atom stereocenters. The number of methoxy groups -OCH3 is 1. The van der Waals surface area contributed by atoms with Crippen molar-refractivity contribution in [3.05, 3.63) is 65.2 Å². The minimum absolute atomic E-state index is 0.110. The first kappa shape index (κ1) is 17.1. The van der Waals surface area contributed by atoms with Gasteiger partial charge in [0.2, 0.25) is 11.8 Å². The van der Waals surface area contributed by atoms with Crippen molar-refractivity contribution in [3.8, 4) is 17.6 Å². The van der Waals surface area contributed by atoms with Gasteiger partial charge in [-0.3, -0.25) is 9.59 Å². The van der Waals surface area contributed by atoms with Gasteiger partial charge in [0.25, 0.3) is 0 Å². The third-order valence-corrected chi connectivity index (χ3v) is 3.27. The van der Waals surface area contributed by atoms with E-state index in [1.807, 2.05) is 24.3 Å². The van der Waals surface area contributed by atoms with Crippen molar-refractivity contribution >= 4 is 11.8 Å². The molecule has 0 spiro atoms. The third-order valence-electron chi connectivity index (χ3n) is 3.27. The molecule has 0 aliphatic rings. The average molecular weight is 322 g/mol. The minimum Gasteiger partial charge on any atom is -0.497 e. The molecule has 2 amide bonds. The molecule has 5 heteroatoms. The first-order chi connectivity index (χ1) is 11.6. The molecule has 0 radical (unpaired) electrons. The van der Waals surface area contributed by atoms with Gasteiger partial charge in [-0.1, -0.05) is 24.0 Å². The Morgan fingerprint density at radius 2 is 1.92 bits per heavy atom. The van der Waals surface area contributed by atoms with Crippen molar-refractivity contribution in [2.45, 2.75) is 6.42 Å². The Morgan fingerprint density at radius 1 is 1.17 bits per heavy atom. The van der Waals surface area contributed by atoms with Gasteiger partial charge in [0.05, 0.1) is 20.1 Å². The maximum atomic E-state index is 11.9. The first-order valence-corrected chi connectivity index (χ1v) is 7.37. The molecule has 0 aliphatic heterocycles. The van der Waals surface area contributed by atoms with E-state index >= 15 is 0 Å². The van der Waals surface area contributed by atoms with Crippen LogP contribution in [0.15, 0.2) is 48.5 Å². The van der Waals surface area contributed by atoms with Crippen molar-refractivity contribution in [1.82, 2.24) is 5.32 Å². The predicted molar refractivity (Wildman–Crippen MR) is 91.5 cm³/mol. The van der Waals surface area contributed by atoms with Crippen molar-refractivity contribution in [3.63, 3.8) is 0 Å². The molecule has 0 unspecified atom stereocenters. The van der Waals surface area contributed by atoms with Crippen LogP contribution in [-0.2, 0) is 11.2 Å². The third kappa shape index (κ3) is 5.18. The molecular weight excluding hydrogens is 304 g/mol. The zero-order valence-corrected chi connectivity index (χ0v) is 13.3. The van der Waals surface area contributed by atoms with Crippen molar-refractivity contribution in [2.24, 2.45) is 5.73 Å². The van der Waals surface area contributed by atoms with E-state index in [1.165, 1.54) is 0 Å². The fraction of sp³-hybridized carbons (Fsp3) is 0.158. The largest absolute Gasteiger partial charge is 0.497 e. The van der Waals surface area contributed by atoms with Gasteiger partial charge in [-0.05, 0) is 42.0 Å². The molecule has 0 saturated carbocycles. The summed E-state index contributed by atoms with van der Waals surface area (Å²) in [5, 5.41) is 2.74. The van der Waals surface area contributed by atoms with E-state index in [2.05, 4.69) is 17.2 Å². The Kier molecular flexibility index (Phi) is 5.98. The molecule has 0 fully saturated rings. The lowest BCUT2D eigenvalue weighted by molar-refractivity contribution is -0.120. The highest BCUT2D eigenvalue weighted by Gasteiger charge is 2.03. The SMILES string of the molecule is COc1cccc(CC(=O)NCC#Cc2ccc(C(N)=O)cc2)c1. The van der Waals surface area contributed by atoms with Crippen LogP contribution >= 0.6 is 0 Å². The van der Waals surface area contributed by atoms with Crippen LogP contribution in [0.1, 0.15) is 21.5 Å². The van der Waals surface area contributed by atoms with Crippen LogP contribution in [0.2, 0.25) is 0 Å². The highest BCUT2D eigenvalue weighted by atomic mass is 16.5. The highest BCUT2D eigenvalue weighted by molar-refractivity contribution is 5.92. The smallest absolute Gasteiger partial charge is 0.248 e. The van der Waals surface area contributed by atoms with Crippen LogP contribution in [0.5, 0.6) is 5.75 Å². The van der Waals surface area contributed by atoms with Gasteiger partial charge in [0.15, 0.2) is 0 Å². The molecular formula is C19H18N2O3. The van der Waals surface area contributed by atoms with Crippen LogP contribution in [0.25, 0.3) is 0 Å². The fourth-order valence-corrected chi connectivity index (χ4v) is 2.04. The highest BCUT2D eigenvalue weighted by Crippen LogP contribution is 2.12. The molecule has 0 bridgehead atoms. The zero-order chi connectivity index (χ0) is 17.4. The van der Waals surface area contributed by atoms with Crippen LogP contribution in [0, 0.1) is 11.8 Å². The molecule has 0 aliphatic carbocycles. The van der Waals surface area contributed by atoms with Gasteiger partial charge in [0, 0.05) is 11.1 Å². The van der Waals surface area contributed by atoms with Gasteiger partial charge in [-0.2, -0.15) is 0 Å². The number of amides is 2. The fourth-order valence-electron chi connectivity index (χ4n) is 2.04. The Balaban J connectivity index is 1.83. The quantitative estimate of drug-likeness (QED) is 0.819. The van der Waals surface area contributed by atoms with E-state index in [4.69, 9.17) is 10.5 Å². The van der Waals surface area contributed by atoms with Crippen LogP contribution < -0.4 is 15.8 Å². The van der Waals surface area contributed by atoms with Crippen LogP contribution in [0.3, 0.4) is 0 Å². The standard InChI is InChI=1S/C19H18N2O3/c1-24-17-6-2-4-15(12-17)13-18(22)21-11-3-5-14-7-9-16(10-8-14)19(20)23/h2,4,6-10,12H,11,13H2,1H3,(H2,20,23)(H,21,22). The Morgan fingerprint density at radius 3 is 2.58 bits per heavy atom. The van der Waals surface area contributed by atoms with Gasteiger partial charge in [-0.25, -0.2) is 0 Å². The maximum Gasteiger partial charge on any atom is 0.248 e. The minimum atomic E-state index is -0.473. The van der Waals surface area contributed by atoms with E-state index in [0.717, 1.165) is 16.9 Å². The summed E-state index contributed by atoms with van der Waals surface area (Å²) in [6.07, 6.45) is 0.270. The summed E-state index contributed by atoms with van der Waals surface area (Å²) in [4.78, 5) is 22.8. The molecule has 5 nitrogen and oxygen atoms in total. The second kappa shape index (κ2) is 8.39. The second-order valence-corrected chi connectivity index (χ2v) is 5.05. The number of nitrogens with one attached hydrogen (secondary N) is 1. The van der Waals surface area contributed by atoms with Crippen LogP contribution in [0.4, 0.5) is 0 Å². The summed E-state index contributed by atoms with van der Waals surface area (Å²) in [6, 6.07) is 14.0. The van der Waals surface area contributed by atoms with E-state index in [9.17, 15) is 9.59 Å². The van der Waals surface area contributed by atoms with Crippen molar-refractivity contribution in [2.75, 3.05) is 13.7 Å². The van der Waals surface area contributed by atoms with Gasteiger partial charge < -0.3 is 15.8 Å². The zero-order valence-electron chi connectivity index (χ0n) is 13.3. The Bertz CT molecular complexity index is 786. The number of carbonyl (C=O) groups is 2. The number of ether oxygens (including phenoxy) is 1. The summed E-state index contributed by atoms with van der Waals surface area (Å²) in [5.41, 5.74) is 7.24. The van der Waals surface area contributed by atoms with Gasteiger partial charge in [0.1, 0.15) is 5.75 Å². The topological polar surface area (TPSA) is 81.4 Å². The summed E-state index contributed by atoms with van der Waals surface area (Å²) in [6.45, 7) is 0.250. The summed E-state index contributed by atoms with van der Waals surface area (Å²) < 4.78 is 5.12. The molecule has 0 aromatic heterocycles. The summed E-state index contributed by atoms with van der Waals surface area (Å²) in [7, 11) is 1.59. The Labute approximate surface area is 140 Å². The molecule has 2 aromatic carbocycles. The maximum absolute atomic E-state index is 11.9.